The minimum atomic E-state index is 0.0165. The van der Waals surface area contributed by atoms with Crippen LogP contribution in [0.5, 0.6) is 6.01 Å². The van der Waals surface area contributed by atoms with E-state index >= 15 is 0 Å². The van der Waals surface area contributed by atoms with Gasteiger partial charge in [0.15, 0.2) is 5.65 Å². The molecular formula is C27H38N8O2. The fraction of sp³-hybridized carbons (Fsp3) is 0.556. The highest BCUT2D eigenvalue weighted by Gasteiger charge is 2.22. The van der Waals surface area contributed by atoms with Crippen molar-refractivity contribution in [3.05, 3.63) is 41.6 Å². The van der Waals surface area contributed by atoms with E-state index in [0.29, 0.717) is 18.5 Å². The average molecular weight is 507 g/mol. The smallest absolute Gasteiger partial charge is 0.322 e. The molecule has 0 radical (unpaired) electrons. The monoisotopic (exact) mass is 506 g/mol. The molecule has 1 amide bonds. The Bertz CT molecular complexity index is 1210. The minimum Gasteiger partial charge on any atom is -0.460 e. The third kappa shape index (κ3) is 6.19. The molecule has 0 aliphatic carbocycles. The van der Waals surface area contributed by atoms with Gasteiger partial charge in [-0.3, -0.25) is 4.79 Å². The second kappa shape index (κ2) is 11.4. The summed E-state index contributed by atoms with van der Waals surface area (Å²) in [5, 5.41) is 14.4. The Hall–Kier alpha value is -3.24. The van der Waals surface area contributed by atoms with Crippen LogP contribution in [0.1, 0.15) is 56.6 Å². The molecule has 0 bridgehead atoms. The van der Waals surface area contributed by atoms with Gasteiger partial charge in [-0.25, -0.2) is 0 Å². The maximum absolute atomic E-state index is 12.7. The number of nitrogens with one attached hydrogen (secondary N) is 3. The number of carbonyl (C=O) groups is 1. The summed E-state index contributed by atoms with van der Waals surface area (Å²) in [5.74, 6) is 0.949. The fourth-order valence-corrected chi connectivity index (χ4v) is 4.96. The zero-order valence-corrected chi connectivity index (χ0v) is 22.0. The number of nitrogens with zero attached hydrogens (tertiary/aromatic N) is 5. The normalized spacial score (nSPS) is 19.3. The van der Waals surface area contributed by atoms with Crippen molar-refractivity contribution in [2.45, 2.75) is 58.1 Å². The molecule has 2 fully saturated rings. The highest BCUT2D eigenvalue weighted by molar-refractivity contribution is 5.92. The molecule has 10 heteroatoms. The lowest BCUT2D eigenvalue weighted by atomic mass is 9.99. The average Bonchev–Trinajstić information content (AvgIpc) is 3.34. The number of anilines is 2. The van der Waals surface area contributed by atoms with Crippen molar-refractivity contribution < 1.29 is 9.53 Å². The van der Waals surface area contributed by atoms with Gasteiger partial charge >= 0.3 is 6.01 Å². The maximum atomic E-state index is 12.7. The molecule has 2 saturated heterocycles. The number of aromatic nitrogens is 4. The van der Waals surface area contributed by atoms with Crippen molar-refractivity contribution in [2.24, 2.45) is 5.92 Å². The lowest BCUT2D eigenvalue weighted by Crippen LogP contribution is -2.37. The molecule has 4 heterocycles. The summed E-state index contributed by atoms with van der Waals surface area (Å²) in [4.78, 5) is 24.4. The van der Waals surface area contributed by atoms with Crippen molar-refractivity contribution in [1.82, 2.24) is 29.8 Å². The first-order valence-corrected chi connectivity index (χ1v) is 13.4. The largest absolute Gasteiger partial charge is 0.460 e. The number of ether oxygens (including phenoxy) is 1. The Labute approximate surface area is 218 Å². The van der Waals surface area contributed by atoms with Gasteiger partial charge in [-0.15, -0.1) is 0 Å². The van der Waals surface area contributed by atoms with Crippen LogP contribution in [0, 0.1) is 5.92 Å². The number of likely N-dealkylation sites (tertiary alicyclic amines) is 1. The number of carbonyl (C=O) groups excluding carboxylic acids is 1. The van der Waals surface area contributed by atoms with E-state index in [1.165, 1.54) is 0 Å². The first kappa shape index (κ1) is 25.4. The van der Waals surface area contributed by atoms with Gasteiger partial charge in [-0.2, -0.15) is 19.6 Å². The summed E-state index contributed by atoms with van der Waals surface area (Å²) in [5.41, 5.74) is 3.65. The van der Waals surface area contributed by atoms with Crippen LogP contribution < -0.4 is 20.7 Å². The summed E-state index contributed by atoms with van der Waals surface area (Å²) >= 11 is 0. The van der Waals surface area contributed by atoms with Crippen LogP contribution in [0.3, 0.4) is 0 Å². The number of rotatable bonds is 8. The molecule has 5 rings (SSSR count). The third-order valence-corrected chi connectivity index (χ3v) is 7.25. The molecule has 37 heavy (non-hydrogen) atoms. The molecule has 2 aromatic heterocycles. The van der Waals surface area contributed by atoms with E-state index in [9.17, 15) is 4.79 Å². The quantitative estimate of drug-likeness (QED) is 0.427. The van der Waals surface area contributed by atoms with Crippen molar-refractivity contribution in [3.8, 4) is 6.01 Å². The summed E-state index contributed by atoms with van der Waals surface area (Å²) in [6, 6.07) is 8.30. The van der Waals surface area contributed by atoms with E-state index in [0.717, 1.165) is 74.3 Å². The Morgan fingerprint density at radius 1 is 1.22 bits per heavy atom. The number of hydrogen-bond donors (Lipinski definition) is 3. The lowest BCUT2D eigenvalue weighted by molar-refractivity contribution is -0.120. The number of piperidine rings is 2. The highest BCUT2D eigenvalue weighted by Crippen LogP contribution is 2.25. The van der Waals surface area contributed by atoms with Crippen molar-refractivity contribution in [1.29, 1.82) is 0 Å². The van der Waals surface area contributed by atoms with Gasteiger partial charge in [-0.1, -0.05) is 26.0 Å². The molecule has 2 aliphatic rings. The van der Waals surface area contributed by atoms with Crippen LogP contribution in [-0.2, 0) is 11.3 Å². The van der Waals surface area contributed by atoms with Crippen LogP contribution >= 0.6 is 0 Å². The second-order valence-corrected chi connectivity index (χ2v) is 10.5. The fourth-order valence-electron chi connectivity index (χ4n) is 4.96. The highest BCUT2D eigenvalue weighted by atomic mass is 16.5. The van der Waals surface area contributed by atoms with Gasteiger partial charge in [0.05, 0.1) is 12.1 Å². The zero-order valence-electron chi connectivity index (χ0n) is 22.0. The number of hydrogen-bond acceptors (Lipinski definition) is 8. The van der Waals surface area contributed by atoms with E-state index < -0.39 is 0 Å². The first-order valence-electron chi connectivity index (χ1n) is 13.4. The number of benzene rings is 1. The van der Waals surface area contributed by atoms with Crippen LogP contribution in [0.15, 0.2) is 30.5 Å². The molecular weight excluding hydrogens is 468 g/mol. The van der Waals surface area contributed by atoms with E-state index in [2.05, 4.69) is 46.8 Å². The molecule has 10 nitrogen and oxygen atoms in total. The Kier molecular flexibility index (Phi) is 7.85. The Morgan fingerprint density at radius 2 is 2.05 bits per heavy atom. The van der Waals surface area contributed by atoms with Gasteiger partial charge < -0.3 is 25.6 Å². The molecule has 1 atom stereocenters. The van der Waals surface area contributed by atoms with Gasteiger partial charge in [0.1, 0.15) is 6.10 Å². The van der Waals surface area contributed by atoms with Crippen LogP contribution in [0.2, 0.25) is 0 Å². The van der Waals surface area contributed by atoms with Crippen molar-refractivity contribution >= 4 is 23.2 Å². The first-order chi connectivity index (χ1) is 18.0. The van der Waals surface area contributed by atoms with Gasteiger partial charge in [-0.05, 0) is 62.9 Å². The van der Waals surface area contributed by atoms with Crippen molar-refractivity contribution in [3.63, 3.8) is 0 Å². The lowest BCUT2D eigenvalue weighted by Gasteiger charge is -2.28. The summed E-state index contributed by atoms with van der Waals surface area (Å²) < 4.78 is 7.99. The van der Waals surface area contributed by atoms with Gasteiger partial charge in [0.2, 0.25) is 11.9 Å². The van der Waals surface area contributed by atoms with Crippen LogP contribution in [0.25, 0.3) is 5.65 Å². The molecule has 0 saturated carbocycles. The topological polar surface area (TPSA) is 109 Å². The van der Waals surface area contributed by atoms with Crippen LogP contribution in [0.4, 0.5) is 11.6 Å². The van der Waals surface area contributed by atoms with E-state index in [1.54, 1.807) is 4.52 Å². The zero-order chi connectivity index (χ0) is 25.8. The molecule has 3 N–H and O–H groups in total. The predicted octanol–water partition coefficient (Wildman–Crippen LogP) is 3.27. The van der Waals surface area contributed by atoms with Crippen molar-refractivity contribution in [2.75, 3.05) is 43.9 Å². The van der Waals surface area contributed by atoms with E-state index in [-0.39, 0.29) is 23.8 Å². The summed E-state index contributed by atoms with van der Waals surface area (Å²) in [7, 11) is 2.13. The maximum Gasteiger partial charge on any atom is 0.322 e. The van der Waals surface area contributed by atoms with Gasteiger partial charge in [0, 0.05) is 37.4 Å². The molecule has 0 spiro atoms. The Balaban J connectivity index is 1.32. The van der Waals surface area contributed by atoms with E-state index in [4.69, 9.17) is 14.7 Å². The summed E-state index contributed by atoms with van der Waals surface area (Å²) in [6.45, 7) is 8.52. The second-order valence-electron chi connectivity index (χ2n) is 10.5. The molecule has 198 valence electrons. The SMILES string of the molecule is CC(C)c1cnn2c(NCc3cccc(NC(=O)C4CCCNC4)c3)nc(OC3CCN(C)CC3)nc12. The molecule has 1 aromatic carbocycles. The summed E-state index contributed by atoms with van der Waals surface area (Å²) in [6.07, 6.45) is 5.84. The van der Waals surface area contributed by atoms with Crippen LogP contribution in [-0.4, -0.2) is 69.7 Å². The number of fused-ring (bicyclic) bond motifs is 1. The minimum absolute atomic E-state index is 0.0165. The Morgan fingerprint density at radius 3 is 2.81 bits per heavy atom. The van der Waals surface area contributed by atoms with E-state index in [1.807, 2.05) is 30.5 Å². The molecule has 2 aliphatic heterocycles. The molecule has 3 aromatic rings. The predicted molar refractivity (Wildman–Crippen MR) is 144 cm³/mol. The number of amides is 1. The van der Waals surface area contributed by atoms with Gasteiger partial charge in [0.25, 0.3) is 0 Å². The third-order valence-electron chi connectivity index (χ3n) is 7.25. The standard InChI is InChI=1S/C27H38N8O2/c1-18(2)23-17-30-35-24(23)32-27(37-22-9-12-34(3)13-10-22)33-26(35)29-15-19-6-4-8-21(14-19)31-25(36)20-7-5-11-28-16-20/h4,6,8,14,17-18,20,22,28H,5,7,9-13,15-16H2,1-3H3,(H,31,36)(H,29,32,33). The molecule has 1 unspecified atom stereocenters.